The van der Waals surface area contributed by atoms with Crippen LogP contribution in [0.2, 0.25) is 0 Å². The van der Waals surface area contributed by atoms with Crippen LogP contribution in [-0.2, 0) is 9.53 Å². The molecule has 0 spiro atoms. The Morgan fingerprint density at radius 2 is 2.00 bits per heavy atom. The van der Waals surface area contributed by atoms with Gasteiger partial charge in [-0.3, -0.25) is 14.9 Å². The summed E-state index contributed by atoms with van der Waals surface area (Å²) in [6.45, 7) is 7.67. The summed E-state index contributed by atoms with van der Waals surface area (Å²) in [5, 5.41) is 13.7. The number of nitrogens with zero attached hydrogens (tertiary/aromatic N) is 1. The molecule has 27 heavy (non-hydrogen) atoms. The molecular formula is C20H26N2O5. The number of nitro groups is 1. The smallest absolute Gasteiger partial charge is 0.328 e. The van der Waals surface area contributed by atoms with E-state index in [1.165, 1.54) is 25.3 Å². The van der Waals surface area contributed by atoms with E-state index in [9.17, 15) is 19.7 Å². The summed E-state index contributed by atoms with van der Waals surface area (Å²) in [6.07, 6.45) is 2.06. The number of rotatable bonds is 7. The van der Waals surface area contributed by atoms with Gasteiger partial charge < -0.3 is 10.1 Å². The van der Waals surface area contributed by atoms with Crippen molar-refractivity contribution < 1.29 is 19.2 Å². The SMILES string of the molecule is CCCC[C@H](NC(=O)c1ccc([N+](=O)[O-])cc1C#CC(C)(C)C)C(=O)OC. The summed E-state index contributed by atoms with van der Waals surface area (Å²) >= 11 is 0. The zero-order valence-electron chi connectivity index (χ0n) is 16.4. The Bertz CT molecular complexity index is 769. The summed E-state index contributed by atoms with van der Waals surface area (Å²) in [6, 6.07) is 3.10. The van der Waals surface area contributed by atoms with Crippen molar-refractivity contribution in [1.82, 2.24) is 5.32 Å². The first-order valence-corrected chi connectivity index (χ1v) is 8.79. The topological polar surface area (TPSA) is 98.5 Å². The molecule has 0 bridgehead atoms. The number of carbonyl (C=O) groups is 2. The van der Waals surface area contributed by atoms with Gasteiger partial charge in [0.25, 0.3) is 11.6 Å². The molecule has 7 heteroatoms. The fourth-order valence-electron chi connectivity index (χ4n) is 2.24. The van der Waals surface area contributed by atoms with Crippen LogP contribution in [0.4, 0.5) is 5.69 Å². The molecule has 1 N–H and O–H groups in total. The lowest BCUT2D eigenvalue weighted by molar-refractivity contribution is -0.384. The van der Waals surface area contributed by atoms with E-state index >= 15 is 0 Å². The van der Waals surface area contributed by atoms with Crippen LogP contribution < -0.4 is 5.32 Å². The molecule has 0 unspecified atom stereocenters. The third kappa shape index (κ3) is 7.10. The molecule has 0 aromatic heterocycles. The molecule has 0 saturated heterocycles. The minimum Gasteiger partial charge on any atom is -0.467 e. The van der Waals surface area contributed by atoms with Crippen LogP contribution >= 0.6 is 0 Å². The van der Waals surface area contributed by atoms with Gasteiger partial charge in [0.05, 0.1) is 17.6 Å². The largest absolute Gasteiger partial charge is 0.467 e. The molecule has 1 aromatic rings. The standard InChI is InChI=1S/C20H26N2O5/c1-6-7-8-17(19(24)27-5)21-18(23)16-10-9-15(22(25)26)13-14(16)11-12-20(2,3)4/h9-10,13,17H,6-8H2,1-5H3,(H,21,23)/t17-/m0/s1. The average molecular weight is 374 g/mol. The van der Waals surface area contributed by atoms with Crippen molar-refractivity contribution in [2.45, 2.75) is 53.0 Å². The van der Waals surface area contributed by atoms with Crippen molar-refractivity contribution in [2.24, 2.45) is 5.41 Å². The van der Waals surface area contributed by atoms with Gasteiger partial charge in [0.2, 0.25) is 0 Å². The Kier molecular flexibility index (Phi) is 7.98. The van der Waals surface area contributed by atoms with E-state index in [0.717, 1.165) is 12.8 Å². The van der Waals surface area contributed by atoms with Crippen LogP contribution in [0.25, 0.3) is 0 Å². The van der Waals surface area contributed by atoms with Crippen molar-refractivity contribution >= 4 is 17.6 Å². The van der Waals surface area contributed by atoms with E-state index in [0.29, 0.717) is 6.42 Å². The molecule has 0 aliphatic heterocycles. The van der Waals surface area contributed by atoms with Gasteiger partial charge >= 0.3 is 5.97 Å². The second-order valence-electron chi connectivity index (χ2n) is 7.18. The van der Waals surface area contributed by atoms with E-state index in [1.807, 2.05) is 27.7 Å². The van der Waals surface area contributed by atoms with E-state index in [-0.39, 0.29) is 22.2 Å². The predicted molar refractivity (Wildman–Crippen MR) is 102 cm³/mol. The Hall–Kier alpha value is -2.88. The lowest BCUT2D eigenvalue weighted by Crippen LogP contribution is -2.41. The van der Waals surface area contributed by atoms with Crippen molar-refractivity contribution in [3.8, 4) is 11.8 Å². The molecule has 1 rings (SSSR count). The van der Waals surface area contributed by atoms with Crippen molar-refractivity contribution in [3.05, 3.63) is 39.4 Å². The number of unbranched alkanes of at least 4 members (excludes halogenated alkanes) is 1. The number of benzene rings is 1. The molecule has 146 valence electrons. The van der Waals surface area contributed by atoms with Crippen LogP contribution in [-0.4, -0.2) is 30.0 Å². The number of hydrogen-bond acceptors (Lipinski definition) is 5. The summed E-state index contributed by atoms with van der Waals surface area (Å²) in [5.74, 6) is 4.79. The molecule has 0 saturated carbocycles. The summed E-state index contributed by atoms with van der Waals surface area (Å²) in [7, 11) is 1.26. The Labute approximate surface area is 159 Å². The average Bonchev–Trinajstić information content (AvgIpc) is 2.61. The number of esters is 1. The highest BCUT2D eigenvalue weighted by molar-refractivity contribution is 5.99. The van der Waals surface area contributed by atoms with Gasteiger partial charge in [0.1, 0.15) is 6.04 Å². The minimum absolute atomic E-state index is 0.153. The summed E-state index contributed by atoms with van der Waals surface area (Å²) in [5.41, 5.74) is -0.0626. The fourth-order valence-corrected chi connectivity index (χ4v) is 2.24. The van der Waals surface area contributed by atoms with E-state index in [4.69, 9.17) is 4.74 Å². The van der Waals surface area contributed by atoms with Gasteiger partial charge in [0, 0.05) is 23.1 Å². The van der Waals surface area contributed by atoms with Gasteiger partial charge in [-0.1, -0.05) is 31.6 Å². The maximum absolute atomic E-state index is 12.7. The molecule has 0 fully saturated rings. The van der Waals surface area contributed by atoms with Crippen molar-refractivity contribution in [1.29, 1.82) is 0 Å². The Balaban J connectivity index is 3.24. The van der Waals surface area contributed by atoms with E-state index in [2.05, 4.69) is 17.2 Å². The molecule has 0 heterocycles. The van der Waals surface area contributed by atoms with Gasteiger partial charge in [-0.2, -0.15) is 0 Å². The number of methoxy groups -OCH3 is 1. The molecule has 1 amide bonds. The molecule has 0 aliphatic carbocycles. The molecular weight excluding hydrogens is 348 g/mol. The first-order valence-electron chi connectivity index (χ1n) is 8.79. The number of hydrogen-bond donors (Lipinski definition) is 1. The third-order valence-electron chi connectivity index (χ3n) is 3.67. The number of carbonyl (C=O) groups excluding carboxylic acids is 2. The Morgan fingerprint density at radius 1 is 1.33 bits per heavy atom. The minimum atomic E-state index is -0.777. The van der Waals surface area contributed by atoms with E-state index in [1.54, 1.807) is 0 Å². The maximum atomic E-state index is 12.7. The molecule has 0 radical (unpaired) electrons. The highest BCUT2D eigenvalue weighted by Gasteiger charge is 2.23. The third-order valence-corrected chi connectivity index (χ3v) is 3.67. The second-order valence-corrected chi connectivity index (χ2v) is 7.18. The first kappa shape index (κ1) is 22.2. The normalized spacial score (nSPS) is 11.7. The predicted octanol–water partition coefficient (Wildman–Crippen LogP) is 3.45. The zero-order chi connectivity index (χ0) is 20.6. The second kappa shape index (κ2) is 9.72. The van der Waals surface area contributed by atoms with Crippen molar-refractivity contribution in [3.63, 3.8) is 0 Å². The highest BCUT2D eigenvalue weighted by atomic mass is 16.6. The van der Waals surface area contributed by atoms with Gasteiger partial charge in [-0.25, -0.2) is 4.79 Å². The van der Waals surface area contributed by atoms with Gasteiger partial charge in [-0.15, -0.1) is 0 Å². The number of non-ortho nitro benzene ring substituents is 1. The maximum Gasteiger partial charge on any atom is 0.328 e. The monoisotopic (exact) mass is 374 g/mol. The van der Waals surface area contributed by atoms with Crippen LogP contribution in [0.1, 0.15) is 62.9 Å². The molecule has 1 atom stereocenters. The van der Waals surface area contributed by atoms with E-state index < -0.39 is 22.8 Å². The summed E-state index contributed by atoms with van der Waals surface area (Å²) < 4.78 is 4.75. The number of nitro benzene ring substituents is 1. The van der Waals surface area contributed by atoms with Gasteiger partial charge in [0.15, 0.2) is 0 Å². The quantitative estimate of drug-likeness (QED) is 0.341. The zero-order valence-corrected chi connectivity index (χ0v) is 16.4. The lowest BCUT2D eigenvalue weighted by atomic mass is 9.96. The first-order chi connectivity index (χ1) is 12.6. The van der Waals surface area contributed by atoms with Crippen LogP contribution in [0.3, 0.4) is 0 Å². The van der Waals surface area contributed by atoms with Crippen molar-refractivity contribution in [2.75, 3.05) is 7.11 Å². The van der Waals surface area contributed by atoms with Crippen LogP contribution in [0.15, 0.2) is 18.2 Å². The van der Waals surface area contributed by atoms with Gasteiger partial charge in [-0.05, 0) is 33.3 Å². The number of ether oxygens (including phenoxy) is 1. The molecule has 7 nitrogen and oxygen atoms in total. The molecule has 0 aliphatic rings. The van der Waals surface area contributed by atoms with Crippen LogP contribution in [0, 0.1) is 27.4 Å². The summed E-state index contributed by atoms with van der Waals surface area (Å²) in [4.78, 5) is 35.1. The molecule has 1 aromatic carbocycles. The lowest BCUT2D eigenvalue weighted by Gasteiger charge is -2.16. The van der Waals surface area contributed by atoms with Crippen LogP contribution in [0.5, 0.6) is 0 Å². The number of amides is 1. The highest BCUT2D eigenvalue weighted by Crippen LogP contribution is 2.19. The number of nitrogens with one attached hydrogen (secondary N) is 1. The Morgan fingerprint density at radius 3 is 2.52 bits per heavy atom. The fraction of sp³-hybridized carbons (Fsp3) is 0.500.